The number of fused-ring (bicyclic) bond motifs is 1. The van der Waals surface area contributed by atoms with Gasteiger partial charge in [-0.3, -0.25) is 9.11 Å². The molecule has 1 aromatic carbocycles. The Labute approximate surface area is 227 Å². The van der Waals surface area contributed by atoms with Crippen LogP contribution in [0.25, 0.3) is 0 Å². The van der Waals surface area contributed by atoms with E-state index < -0.39 is 52.2 Å². The van der Waals surface area contributed by atoms with Crippen molar-refractivity contribution in [2.75, 3.05) is 18.1 Å². The molecule has 15 heteroatoms. The Kier molecular flexibility index (Phi) is 11.6. The van der Waals surface area contributed by atoms with Crippen molar-refractivity contribution >= 4 is 101 Å². The Morgan fingerprint density at radius 1 is 0.968 bits per heavy atom. The van der Waals surface area contributed by atoms with Gasteiger partial charge in [0.2, 0.25) is 5.69 Å². The maximum Gasteiger partial charge on any atom is 0.265 e. The Morgan fingerprint density at radius 3 is 1.97 bits per heavy atom. The number of nitrogens with zero attached hydrogens (tertiary/aromatic N) is 1. The van der Waals surface area contributed by atoms with Crippen molar-refractivity contribution in [1.82, 2.24) is 0 Å². The minimum Gasteiger partial charge on any atom is -0.744 e. The van der Waals surface area contributed by atoms with Crippen molar-refractivity contribution < 1.29 is 43.5 Å². The van der Waals surface area contributed by atoms with Crippen molar-refractivity contribution in [3.8, 4) is 0 Å². The van der Waals surface area contributed by atoms with Crippen molar-refractivity contribution in [3.05, 3.63) is 23.8 Å². The number of rotatable bonds is 9. The van der Waals surface area contributed by atoms with Crippen molar-refractivity contribution in [3.63, 3.8) is 0 Å². The molecule has 0 spiro atoms. The van der Waals surface area contributed by atoms with E-state index in [1.54, 1.807) is 18.4 Å². The molecular formula is C16H23NNa2O9S3. The van der Waals surface area contributed by atoms with Gasteiger partial charge in [0.1, 0.15) is 16.7 Å². The molecule has 2 rings (SSSR count). The second-order valence-corrected chi connectivity index (χ2v) is 11.8. The quantitative estimate of drug-likeness (QED) is 0.264. The topological polar surface area (TPSA) is 169 Å². The molecule has 0 aromatic heterocycles. The molecule has 166 valence electrons. The summed E-state index contributed by atoms with van der Waals surface area (Å²) in [5.41, 5.74) is 0.936. The van der Waals surface area contributed by atoms with Gasteiger partial charge in [0.15, 0.2) is 5.71 Å². The van der Waals surface area contributed by atoms with Crippen LogP contribution in [-0.2, 0) is 35.8 Å². The molecule has 0 aliphatic carbocycles. The first-order chi connectivity index (χ1) is 13.0. The molecule has 0 saturated heterocycles. The Balaban J connectivity index is 0.00000450. The standard InChI is InChI=1S/C16H23NO9S3.2Na/c1-12-16(2,7-3-9-27(18,19)20)14-11-13(29(24,25)26)5-6-15(14)17(12)8-4-10-28(21,22)23;;/h5-6,11H,3-4,7-10H2,1-2H3,(H2-,18,19,20,21,22,23,24,25,26);;. The molecule has 0 amide bonds. The van der Waals surface area contributed by atoms with Crippen LogP contribution in [-0.4, -0.2) is 126 Å². The van der Waals surface area contributed by atoms with Crippen molar-refractivity contribution in [2.45, 2.75) is 43.4 Å². The Hall–Kier alpha value is 0.620. The molecule has 1 aliphatic heterocycles. The fraction of sp³-hybridized carbons (Fsp3) is 0.562. The molecule has 2 radical (unpaired) electrons. The van der Waals surface area contributed by atoms with Gasteiger partial charge in [0, 0.05) is 84.1 Å². The molecule has 1 heterocycles. The van der Waals surface area contributed by atoms with E-state index in [1.807, 2.05) is 0 Å². The van der Waals surface area contributed by atoms with Gasteiger partial charge in [-0.25, -0.2) is 8.42 Å². The summed E-state index contributed by atoms with van der Waals surface area (Å²) < 4.78 is 98.2. The second-order valence-electron chi connectivity index (χ2n) is 7.23. The summed E-state index contributed by atoms with van der Waals surface area (Å²) in [7, 11) is -13.0. The summed E-state index contributed by atoms with van der Waals surface area (Å²) in [6, 6.07) is 3.86. The fourth-order valence-corrected chi connectivity index (χ4v) is 5.14. The monoisotopic (exact) mass is 515 g/mol. The molecule has 1 atom stereocenters. The van der Waals surface area contributed by atoms with Crippen LogP contribution in [0.4, 0.5) is 5.69 Å². The molecule has 0 fully saturated rings. The number of hydrogen-bond donors (Lipinski definition) is 2. The summed E-state index contributed by atoms with van der Waals surface area (Å²) in [5.74, 6) is -0.938. The van der Waals surface area contributed by atoms with E-state index in [2.05, 4.69) is 0 Å². The van der Waals surface area contributed by atoms with E-state index in [-0.39, 0.29) is 84.9 Å². The second kappa shape index (κ2) is 11.4. The van der Waals surface area contributed by atoms with E-state index in [4.69, 9.17) is 9.11 Å². The minimum absolute atomic E-state index is 0. The van der Waals surface area contributed by atoms with Crippen LogP contribution in [0.1, 0.15) is 38.7 Å². The third kappa shape index (κ3) is 8.41. The first kappa shape index (κ1) is 31.6. The molecule has 0 saturated carbocycles. The Morgan fingerprint density at radius 2 is 1.48 bits per heavy atom. The van der Waals surface area contributed by atoms with Crippen LogP contribution >= 0.6 is 0 Å². The number of hydrogen-bond acceptors (Lipinski definition) is 7. The zero-order valence-corrected chi connectivity index (χ0v) is 24.3. The van der Waals surface area contributed by atoms with E-state index >= 15 is 0 Å². The summed E-state index contributed by atoms with van der Waals surface area (Å²) >= 11 is 0. The van der Waals surface area contributed by atoms with Gasteiger partial charge in [-0.1, -0.05) is 0 Å². The summed E-state index contributed by atoms with van der Waals surface area (Å²) in [6.45, 7) is 3.71. The van der Waals surface area contributed by atoms with E-state index in [1.165, 1.54) is 12.1 Å². The predicted octanol–water partition coefficient (Wildman–Crippen LogP) is 0.151. The summed E-state index contributed by atoms with van der Waals surface area (Å²) in [5, 5.41) is 0. The van der Waals surface area contributed by atoms with Gasteiger partial charge >= 0.3 is 0 Å². The van der Waals surface area contributed by atoms with E-state index in [9.17, 15) is 29.8 Å². The van der Waals surface area contributed by atoms with Crippen LogP contribution in [0, 0.1) is 0 Å². The van der Waals surface area contributed by atoms with Gasteiger partial charge in [0.25, 0.3) is 20.2 Å². The van der Waals surface area contributed by atoms with E-state index in [0.717, 1.165) is 6.07 Å². The van der Waals surface area contributed by atoms with Crippen LogP contribution in [0.15, 0.2) is 23.1 Å². The zero-order valence-electron chi connectivity index (χ0n) is 17.9. The van der Waals surface area contributed by atoms with E-state index in [0.29, 0.717) is 17.0 Å². The van der Waals surface area contributed by atoms with Crippen LogP contribution < -0.4 is 0 Å². The first-order valence-corrected chi connectivity index (χ1v) is 13.3. The fourth-order valence-electron chi connectivity index (χ4n) is 3.64. The SMILES string of the molecule is CC1=[N+](CCCS(=O)(=O)O)c2ccc(S(=O)(=O)[O-])cc2C1(C)CCCS(=O)(=O)O.[Na].[Na]. The average Bonchev–Trinajstić information content (AvgIpc) is 2.73. The van der Waals surface area contributed by atoms with Gasteiger partial charge < -0.3 is 4.55 Å². The molecule has 1 aromatic rings. The zero-order chi connectivity index (χ0) is 22.3. The van der Waals surface area contributed by atoms with Gasteiger partial charge in [0.05, 0.1) is 21.8 Å². The third-order valence-corrected chi connectivity index (χ3v) is 7.65. The van der Waals surface area contributed by atoms with Gasteiger partial charge in [-0.15, -0.1) is 0 Å². The minimum atomic E-state index is -4.72. The smallest absolute Gasteiger partial charge is 0.265 e. The summed E-state index contributed by atoms with van der Waals surface area (Å²) in [6.07, 6.45) is 0.417. The van der Waals surface area contributed by atoms with Gasteiger partial charge in [-0.2, -0.15) is 21.4 Å². The molecular weight excluding hydrogens is 492 g/mol. The molecule has 31 heavy (non-hydrogen) atoms. The summed E-state index contributed by atoms with van der Waals surface area (Å²) in [4.78, 5) is -0.426. The Bertz CT molecular complexity index is 1160. The first-order valence-electron chi connectivity index (χ1n) is 8.67. The van der Waals surface area contributed by atoms with Crippen LogP contribution in [0.5, 0.6) is 0 Å². The van der Waals surface area contributed by atoms with Crippen LogP contribution in [0.3, 0.4) is 0 Å². The van der Waals surface area contributed by atoms with Gasteiger partial charge in [-0.05, 0) is 31.9 Å². The average molecular weight is 516 g/mol. The normalized spacial score (nSPS) is 18.9. The third-order valence-electron chi connectivity index (χ3n) is 5.21. The van der Waals surface area contributed by atoms with Crippen molar-refractivity contribution in [1.29, 1.82) is 0 Å². The largest absolute Gasteiger partial charge is 0.744 e. The molecule has 10 nitrogen and oxygen atoms in total. The number of benzene rings is 1. The van der Waals surface area contributed by atoms with Crippen LogP contribution in [0.2, 0.25) is 0 Å². The molecule has 2 N–H and O–H groups in total. The molecule has 0 bridgehead atoms. The predicted molar refractivity (Wildman–Crippen MR) is 115 cm³/mol. The molecule has 1 unspecified atom stereocenters. The maximum absolute atomic E-state index is 11.5. The molecule has 1 aliphatic rings. The van der Waals surface area contributed by atoms with Crippen molar-refractivity contribution in [2.24, 2.45) is 0 Å². The maximum atomic E-state index is 11.5.